The largest absolute Gasteiger partial charge is 0.308 e. The third kappa shape index (κ3) is 5.51. The Morgan fingerprint density at radius 1 is 0.483 bits per heavy atom. The Morgan fingerprint density at radius 3 is 1.91 bits per heavy atom. The van der Waals surface area contributed by atoms with Crippen LogP contribution in [-0.4, -0.2) is 14.5 Å². The van der Waals surface area contributed by atoms with Crippen molar-refractivity contribution >= 4 is 44.6 Å². The molecule has 2 bridgehead atoms. The van der Waals surface area contributed by atoms with E-state index >= 15 is 0 Å². The first kappa shape index (κ1) is 33.7. The standard InChI is InChI=1S/C55H37N3/c1-2-50-44-25-15-26-47-52(39-31-28-37(29-32-39)42-33-30-36-16-9-10-21-41(36)34-42)56-55(40-19-7-4-8-20-40)57-53(47)46-24-13-14-27-51(46)58(50)54-45-23-12-11-22-43(45)48(35-49(44)54)38-17-5-3-6-18-38/h2-25,27-35H,1,26H2/b25-15-. The summed E-state index contributed by atoms with van der Waals surface area (Å²) in [6.45, 7) is 4.40. The van der Waals surface area contributed by atoms with E-state index in [4.69, 9.17) is 9.97 Å². The maximum Gasteiger partial charge on any atom is 0.160 e. The van der Waals surface area contributed by atoms with Crippen molar-refractivity contribution in [1.82, 2.24) is 14.5 Å². The van der Waals surface area contributed by atoms with Gasteiger partial charge in [-0.25, -0.2) is 9.97 Å². The number of fused-ring (bicyclic) bond motifs is 12. The molecule has 11 rings (SSSR count). The highest BCUT2D eigenvalue weighted by molar-refractivity contribution is 6.16. The predicted octanol–water partition coefficient (Wildman–Crippen LogP) is 14.3. The summed E-state index contributed by atoms with van der Waals surface area (Å²) in [5, 5.41) is 6.06. The van der Waals surface area contributed by atoms with Crippen molar-refractivity contribution in [2.75, 3.05) is 0 Å². The maximum atomic E-state index is 5.47. The first-order valence-electron chi connectivity index (χ1n) is 19.8. The molecule has 3 nitrogen and oxygen atoms in total. The molecule has 0 spiro atoms. The van der Waals surface area contributed by atoms with E-state index in [1.807, 2.05) is 12.1 Å². The molecule has 3 heterocycles. The molecular weight excluding hydrogens is 703 g/mol. The van der Waals surface area contributed by atoms with E-state index < -0.39 is 0 Å². The van der Waals surface area contributed by atoms with Crippen LogP contribution in [-0.2, 0) is 6.42 Å². The number of nitrogens with zero attached hydrogens (tertiary/aromatic N) is 3. The molecule has 0 aliphatic carbocycles. The number of para-hydroxylation sites is 1. The normalized spacial score (nSPS) is 12.6. The minimum absolute atomic E-state index is 0.642. The van der Waals surface area contributed by atoms with Gasteiger partial charge in [-0.1, -0.05) is 183 Å². The van der Waals surface area contributed by atoms with Gasteiger partial charge in [0.2, 0.25) is 0 Å². The van der Waals surface area contributed by atoms with Gasteiger partial charge in [0.15, 0.2) is 5.82 Å². The van der Waals surface area contributed by atoms with Gasteiger partial charge in [-0.3, -0.25) is 0 Å². The van der Waals surface area contributed by atoms with Crippen LogP contribution >= 0.6 is 0 Å². The van der Waals surface area contributed by atoms with Gasteiger partial charge in [-0.05, 0) is 69.1 Å². The fourth-order valence-corrected chi connectivity index (χ4v) is 8.88. The van der Waals surface area contributed by atoms with E-state index in [0.29, 0.717) is 12.2 Å². The number of hydrogen-bond acceptors (Lipinski definition) is 2. The van der Waals surface area contributed by atoms with Crippen molar-refractivity contribution in [1.29, 1.82) is 0 Å². The molecule has 8 aromatic carbocycles. The van der Waals surface area contributed by atoms with Crippen LogP contribution in [0.25, 0.3) is 106 Å². The summed E-state index contributed by atoms with van der Waals surface area (Å²) in [5.74, 6) is 0.698. The van der Waals surface area contributed by atoms with Crippen molar-refractivity contribution in [3.63, 3.8) is 0 Å². The van der Waals surface area contributed by atoms with Crippen LogP contribution in [0.2, 0.25) is 0 Å². The summed E-state index contributed by atoms with van der Waals surface area (Å²) < 4.78 is 2.41. The Labute approximate surface area is 337 Å². The summed E-state index contributed by atoms with van der Waals surface area (Å²) in [4.78, 5) is 10.9. The average Bonchev–Trinajstić information content (AvgIpc) is 3.61. The number of hydrogen-bond donors (Lipinski definition) is 0. The van der Waals surface area contributed by atoms with Crippen molar-refractivity contribution < 1.29 is 0 Å². The second kappa shape index (κ2) is 13.8. The molecule has 0 atom stereocenters. The van der Waals surface area contributed by atoms with E-state index in [0.717, 1.165) is 56.1 Å². The Bertz CT molecular complexity index is 3240. The molecule has 0 amide bonds. The van der Waals surface area contributed by atoms with Gasteiger partial charge in [0, 0.05) is 38.6 Å². The Kier molecular flexibility index (Phi) is 8.04. The van der Waals surface area contributed by atoms with Crippen molar-refractivity contribution in [2.24, 2.45) is 0 Å². The molecule has 58 heavy (non-hydrogen) atoms. The Balaban J connectivity index is 1.17. The highest BCUT2D eigenvalue weighted by Gasteiger charge is 2.26. The zero-order valence-electron chi connectivity index (χ0n) is 31.8. The summed E-state index contributed by atoms with van der Waals surface area (Å²) in [6, 6.07) is 65.0. The molecule has 3 heteroatoms. The molecule has 0 fully saturated rings. The lowest BCUT2D eigenvalue weighted by molar-refractivity contribution is 1.08. The molecule has 0 unspecified atom stereocenters. The third-order valence-electron chi connectivity index (χ3n) is 11.6. The minimum Gasteiger partial charge on any atom is -0.308 e. The van der Waals surface area contributed by atoms with Crippen LogP contribution < -0.4 is 0 Å². The number of benzene rings is 8. The molecule has 2 aromatic heterocycles. The summed E-state index contributed by atoms with van der Waals surface area (Å²) >= 11 is 0. The van der Waals surface area contributed by atoms with Gasteiger partial charge in [-0.15, -0.1) is 0 Å². The third-order valence-corrected chi connectivity index (χ3v) is 11.6. The van der Waals surface area contributed by atoms with Gasteiger partial charge < -0.3 is 4.57 Å². The van der Waals surface area contributed by atoms with Gasteiger partial charge in [0.25, 0.3) is 0 Å². The molecule has 0 radical (unpaired) electrons. The van der Waals surface area contributed by atoms with Crippen LogP contribution in [0.5, 0.6) is 0 Å². The Hall–Kier alpha value is -7.62. The van der Waals surface area contributed by atoms with Gasteiger partial charge in [0.1, 0.15) is 0 Å². The maximum absolute atomic E-state index is 5.47. The summed E-state index contributed by atoms with van der Waals surface area (Å²) in [5.41, 5.74) is 15.2. The minimum atomic E-state index is 0.642. The van der Waals surface area contributed by atoms with Gasteiger partial charge in [0.05, 0.1) is 28.3 Å². The monoisotopic (exact) mass is 739 g/mol. The molecule has 10 aromatic rings. The molecule has 0 saturated heterocycles. The van der Waals surface area contributed by atoms with E-state index in [1.54, 1.807) is 0 Å². The van der Waals surface area contributed by atoms with Crippen LogP contribution in [0.1, 0.15) is 16.8 Å². The lowest BCUT2D eigenvalue weighted by atomic mass is 9.94. The second-order valence-corrected chi connectivity index (χ2v) is 14.9. The zero-order valence-corrected chi connectivity index (χ0v) is 31.8. The van der Waals surface area contributed by atoms with Gasteiger partial charge in [-0.2, -0.15) is 0 Å². The van der Waals surface area contributed by atoms with Crippen molar-refractivity contribution in [3.05, 3.63) is 211 Å². The smallest absolute Gasteiger partial charge is 0.160 e. The van der Waals surface area contributed by atoms with Gasteiger partial charge >= 0.3 is 0 Å². The lowest BCUT2D eigenvalue weighted by Gasteiger charge is -2.20. The lowest BCUT2D eigenvalue weighted by Crippen LogP contribution is -2.07. The van der Waals surface area contributed by atoms with Crippen LogP contribution in [0.4, 0.5) is 0 Å². The number of rotatable bonds is 5. The fraction of sp³-hybridized carbons (Fsp3) is 0.0182. The number of allylic oxidation sites excluding steroid dienone is 1. The average molecular weight is 740 g/mol. The highest BCUT2D eigenvalue weighted by Crippen LogP contribution is 2.44. The highest BCUT2D eigenvalue weighted by atomic mass is 15.0. The topological polar surface area (TPSA) is 30.7 Å². The summed E-state index contributed by atoms with van der Waals surface area (Å²) in [6.07, 6.45) is 7.22. The Morgan fingerprint density at radius 2 is 1.12 bits per heavy atom. The van der Waals surface area contributed by atoms with E-state index in [1.165, 1.54) is 49.2 Å². The molecule has 0 N–H and O–H groups in total. The molecular formula is C55H37N3. The summed E-state index contributed by atoms with van der Waals surface area (Å²) in [7, 11) is 0. The predicted molar refractivity (Wildman–Crippen MR) is 244 cm³/mol. The van der Waals surface area contributed by atoms with Crippen LogP contribution in [0.3, 0.4) is 0 Å². The molecule has 0 saturated carbocycles. The first-order chi connectivity index (χ1) is 28.7. The van der Waals surface area contributed by atoms with E-state index in [9.17, 15) is 0 Å². The fourth-order valence-electron chi connectivity index (χ4n) is 8.88. The number of aromatic nitrogens is 3. The van der Waals surface area contributed by atoms with E-state index in [2.05, 4.69) is 199 Å². The molecule has 1 aliphatic rings. The zero-order chi connectivity index (χ0) is 38.6. The van der Waals surface area contributed by atoms with Crippen LogP contribution in [0.15, 0.2) is 195 Å². The SMILES string of the molecule is C=Cc1c2c3cc(-c4ccccc4)c4ccccc4c3n1-c1ccccc1-c1nc(-c3ccccc3)nc(-c3ccc(-c4ccc5ccccc5c4)cc3)c1C/C=C\2. The first-order valence-corrected chi connectivity index (χ1v) is 19.8. The second-order valence-electron chi connectivity index (χ2n) is 14.9. The quantitative estimate of drug-likeness (QED) is 0.176. The van der Waals surface area contributed by atoms with E-state index in [-0.39, 0.29) is 0 Å². The van der Waals surface area contributed by atoms with Crippen molar-refractivity contribution in [2.45, 2.75) is 6.42 Å². The molecule has 272 valence electrons. The van der Waals surface area contributed by atoms with Crippen LogP contribution in [0, 0.1) is 0 Å². The van der Waals surface area contributed by atoms with Crippen molar-refractivity contribution in [3.8, 4) is 61.8 Å². The molecule has 1 aliphatic heterocycles.